The second-order valence-corrected chi connectivity index (χ2v) is 10.3. The van der Waals surface area contributed by atoms with E-state index in [0.717, 1.165) is 24.5 Å². The van der Waals surface area contributed by atoms with E-state index in [2.05, 4.69) is 55.7 Å². The molecule has 0 saturated carbocycles. The number of rotatable bonds is 8. The van der Waals surface area contributed by atoms with Crippen molar-refractivity contribution in [2.45, 2.75) is 70.1 Å². The largest absolute Gasteiger partial charge is 0.390 e. The number of nitrogens with one attached hydrogen (secondary N) is 2. The quantitative estimate of drug-likeness (QED) is 0.542. The molecule has 2 aromatic rings. The van der Waals surface area contributed by atoms with Gasteiger partial charge in [-0.25, -0.2) is 8.78 Å². The molecule has 1 fully saturated rings. The maximum Gasteiger partial charge on any atom is 0.217 e. The Hall–Kier alpha value is -2.35. The molecule has 1 aliphatic heterocycles. The SMILES string of the molecule is CC(=O)N[C@H](Cc1cc(F)cc(F)c1)[C@@H](O)CNC1(c2cccc(C(C)(C)C)c2)CCOCC1. The lowest BCUT2D eigenvalue weighted by atomic mass is 9.78. The highest BCUT2D eigenvalue weighted by Gasteiger charge is 2.36. The van der Waals surface area contributed by atoms with Crippen molar-refractivity contribution >= 4 is 5.91 Å². The van der Waals surface area contributed by atoms with E-state index in [0.29, 0.717) is 18.8 Å². The second kappa shape index (κ2) is 10.9. The third-order valence-electron chi connectivity index (χ3n) is 6.51. The molecule has 3 rings (SSSR count). The molecule has 1 heterocycles. The molecule has 2 aromatic carbocycles. The molecule has 0 spiro atoms. The van der Waals surface area contributed by atoms with Crippen LogP contribution in [0.4, 0.5) is 8.78 Å². The minimum Gasteiger partial charge on any atom is -0.390 e. The molecular formula is C27H36F2N2O3. The summed E-state index contributed by atoms with van der Waals surface area (Å²) < 4.78 is 33.0. The molecule has 0 aromatic heterocycles. The lowest BCUT2D eigenvalue weighted by Crippen LogP contribution is -2.54. The highest BCUT2D eigenvalue weighted by Crippen LogP contribution is 2.34. The van der Waals surface area contributed by atoms with Gasteiger partial charge in [0, 0.05) is 38.3 Å². The van der Waals surface area contributed by atoms with Crippen molar-refractivity contribution in [3.05, 3.63) is 70.8 Å². The van der Waals surface area contributed by atoms with Crippen LogP contribution in [0.15, 0.2) is 42.5 Å². The Bertz CT molecular complexity index is 964. The molecular weight excluding hydrogens is 438 g/mol. The molecule has 2 atom stereocenters. The average molecular weight is 475 g/mol. The topological polar surface area (TPSA) is 70.6 Å². The molecule has 0 unspecified atom stereocenters. The first-order chi connectivity index (χ1) is 16.0. The molecule has 7 heteroatoms. The summed E-state index contributed by atoms with van der Waals surface area (Å²) >= 11 is 0. The fourth-order valence-electron chi connectivity index (χ4n) is 4.54. The number of hydrogen-bond donors (Lipinski definition) is 3. The van der Waals surface area contributed by atoms with Crippen LogP contribution in [0.3, 0.4) is 0 Å². The van der Waals surface area contributed by atoms with E-state index < -0.39 is 23.8 Å². The van der Waals surface area contributed by atoms with Crippen LogP contribution < -0.4 is 10.6 Å². The van der Waals surface area contributed by atoms with Crippen molar-refractivity contribution < 1.29 is 23.4 Å². The maximum absolute atomic E-state index is 13.7. The lowest BCUT2D eigenvalue weighted by molar-refractivity contribution is -0.120. The Morgan fingerprint density at radius 2 is 1.76 bits per heavy atom. The number of carbonyl (C=O) groups excluding carboxylic acids is 1. The number of amides is 1. The summed E-state index contributed by atoms with van der Waals surface area (Å²) in [6.07, 6.45) is 0.619. The van der Waals surface area contributed by atoms with Crippen molar-refractivity contribution in [1.29, 1.82) is 0 Å². The van der Waals surface area contributed by atoms with Gasteiger partial charge in [0.05, 0.1) is 12.1 Å². The Morgan fingerprint density at radius 3 is 2.35 bits per heavy atom. The van der Waals surface area contributed by atoms with Gasteiger partial charge in [-0.15, -0.1) is 0 Å². The number of benzene rings is 2. The molecule has 1 aliphatic rings. The minimum atomic E-state index is -0.972. The summed E-state index contributed by atoms with van der Waals surface area (Å²) in [5, 5.41) is 17.3. The Labute approximate surface area is 200 Å². The maximum atomic E-state index is 13.7. The number of halogens is 2. The standard InChI is InChI=1S/C27H36F2N2O3/c1-18(32)31-24(14-19-12-22(28)16-23(29)13-19)25(33)17-30-27(8-10-34-11-9-27)21-7-5-6-20(15-21)26(2,3)4/h5-7,12-13,15-16,24-25,30,33H,8-11,14,17H2,1-4H3,(H,31,32)/t24-,25+/m1/s1. The Morgan fingerprint density at radius 1 is 1.12 bits per heavy atom. The van der Waals surface area contributed by atoms with Crippen LogP contribution >= 0.6 is 0 Å². The van der Waals surface area contributed by atoms with Crippen molar-refractivity contribution in [1.82, 2.24) is 10.6 Å². The molecule has 0 bridgehead atoms. The number of carbonyl (C=O) groups is 1. The van der Waals surface area contributed by atoms with Crippen LogP contribution in [-0.2, 0) is 26.9 Å². The molecule has 1 saturated heterocycles. The van der Waals surface area contributed by atoms with Crippen molar-refractivity contribution in [3.63, 3.8) is 0 Å². The first-order valence-corrected chi connectivity index (χ1v) is 11.8. The first kappa shape index (κ1) is 26.3. The fraction of sp³-hybridized carbons (Fsp3) is 0.519. The van der Waals surface area contributed by atoms with E-state index in [1.54, 1.807) is 0 Å². The van der Waals surface area contributed by atoms with E-state index in [9.17, 15) is 18.7 Å². The molecule has 1 amide bonds. The lowest BCUT2D eigenvalue weighted by Gasteiger charge is -2.40. The molecule has 186 valence electrons. The summed E-state index contributed by atoms with van der Waals surface area (Å²) in [6, 6.07) is 11.0. The van der Waals surface area contributed by atoms with Gasteiger partial charge in [0.1, 0.15) is 11.6 Å². The van der Waals surface area contributed by atoms with Gasteiger partial charge in [-0.2, -0.15) is 0 Å². The number of aliphatic hydroxyl groups is 1. The van der Waals surface area contributed by atoms with Crippen LogP contribution in [0.5, 0.6) is 0 Å². The third-order valence-corrected chi connectivity index (χ3v) is 6.51. The molecule has 3 N–H and O–H groups in total. The fourth-order valence-corrected chi connectivity index (χ4v) is 4.54. The van der Waals surface area contributed by atoms with E-state index in [1.165, 1.54) is 24.6 Å². The van der Waals surface area contributed by atoms with Crippen molar-refractivity contribution in [3.8, 4) is 0 Å². The predicted molar refractivity (Wildman–Crippen MR) is 129 cm³/mol. The zero-order valence-corrected chi connectivity index (χ0v) is 20.5. The predicted octanol–water partition coefficient (Wildman–Crippen LogP) is 3.97. The van der Waals surface area contributed by atoms with E-state index >= 15 is 0 Å². The van der Waals surface area contributed by atoms with Gasteiger partial charge in [0.15, 0.2) is 0 Å². The number of aliphatic hydroxyl groups excluding tert-OH is 1. The van der Waals surface area contributed by atoms with Crippen LogP contribution in [-0.4, -0.2) is 42.9 Å². The molecule has 34 heavy (non-hydrogen) atoms. The smallest absolute Gasteiger partial charge is 0.217 e. The number of ether oxygens (including phenoxy) is 1. The third kappa shape index (κ3) is 6.84. The van der Waals surface area contributed by atoms with Gasteiger partial charge in [0.2, 0.25) is 5.91 Å². The zero-order chi connectivity index (χ0) is 24.9. The number of hydrogen-bond acceptors (Lipinski definition) is 4. The highest BCUT2D eigenvalue weighted by atomic mass is 19.1. The zero-order valence-electron chi connectivity index (χ0n) is 20.5. The van der Waals surface area contributed by atoms with Crippen molar-refractivity contribution in [2.24, 2.45) is 0 Å². The summed E-state index contributed by atoms with van der Waals surface area (Å²) in [4.78, 5) is 11.8. The van der Waals surface area contributed by atoms with Crippen LogP contribution in [0, 0.1) is 11.6 Å². The van der Waals surface area contributed by atoms with E-state index in [1.807, 2.05) is 0 Å². The highest BCUT2D eigenvalue weighted by molar-refractivity contribution is 5.73. The van der Waals surface area contributed by atoms with Gasteiger partial charge >= 0.3 is 0 Å². The van der Waals surface area contributed by atoms with Crippen molar-refractivity contribution in [2.75, 3.05) is 19.8 Å². The monoisotopic (exact) mass is 474 g/mol. The van der Waals surface area contributed by atoms with Crippen LogP contribution in [0.25, 0.3) is 0 Å². The summed E-state index contributed by atoms with van der Waals surface area (Å²) in [6.45, 7) is 9.27. The summed E-state index contributed by atoms with van der Waals surface area (Å²) in [7, 11) is 0. The normalized spacial score (nSPS) is 17.7. The average Bonchev–Trinajstić information content (AvgIpc) is 2.76. The van der Waals surface area contributed by atoms with Gasteiger partial charge in [-0.3, -0.25) is 4.79 Å². The Kier molecular flexibility index (Phi) is 8.44. The van der Waals surface area contributed by atoms with Gasteiger partial charge < -0.3 is 20.5 Å². The van der Waals surface area contributed by atoms with Gasteiger partial charge in [0.25, 0.3) is 0 Å². The molecule has 0 radical (unpaired) electrons. The molecule has 0 aliphatic carbocycles. The minimum absolute atomic E-state index is 0.00137. The first-order valence-electron chi connectivity index (χ1n) is 11.8. The van der Waals surface area contributed by atoms with Crippen LogP contribution in [0.1, 0.15) is 57.2 Å². The second-order valence-electron chi connectivity index (χ2n) is 10.3. The van der Waals surface area contributed by atoms with E-state index in [-0.39, 0.29) is 29.8 Å². The van der Waals surface area contributed by atoms with Gasteiger partial charge in [-0.05, 0) is 53.5 Å². The van der Waals surface area contributed by atoms with Gasteiger partial charge in [-0.1, -0.05) is 45.0 Å². The summed E-state index contributed by atoms with van der Waals surface area (Å²) in [5.41, 5.74) is 2.35. The van der Waals surface area contributed by atoms with E-state index in [4.69, 9.17) is 4.74 Å². The van der Waals surface area contributed by atoms with Crippen LogP contribution in [0.2, 0.25) is 0 Å². The molecule has 5 nitrogen and oxygen atoms in total. The summed E-state index contributed by atoms with van der Waals surface area (Å²) in [5.74, 6) is -1.70. The Balaban J connectivity index is 1.80.